The third-order valence-electron chi connectivity index (χ3n) is 0.631. The molecule has 48 valence electrons. The summed E-state index contributed by atoms with van der Waals surface area (Å²) in [5.41, 5.74) is 4.93. The Morgan fingerprint density at radius 2 is 2.30 bits per heavy atom. The topological polar surface area (TPSA) is 113 Å². The molecule has 0 aliphatic heterocycles. The first-order valence-corrected chi connectivity index (χ1v) is 1.90. The first-order valence-electron chi connectivity index (χ1n) is 1.90. The van der Waals surface area contributed by atoms with Crippen molar-refractivity contribution in [1.82, 2.24) is 20.3 Å². The van der Waals surface area contributed by atoms with Gasteiger partial charge in [0.15, 0.2) is 0 Å². The summed E-state index contributed by atoms with van der Waals surface area (Å²) in [6.45, 7) is 0. The second-order valence-corrected chi connectivity index (χ2v) is 1.16. The van der Waals surface area contributed by atoms with Crippen LogP contribution in [0.3, 0.4) is 0 Å². The van der Waals surface area contributed by atoms with E-state index in [1.165, 1.54) is 0 Å². The van der Waals surface area contributed by atoms with Crippen LogP contribution >= 0.6 is 0 Å². The van der Waals surface area contributed by atoms with Gasteiger partial charge in [-0.3, -0.25) is 0 Å². The van der Waals surface area contributed by atoms with Crippen molar-refractivity contribution in [1.29, 1.82) is 0 Å². The number of tetrazole rings is 1. The van der Waals surface area contributed by atoms with Crippen molar-refractivity contribution in [2.24, 2.45) is 0 Å². The molecule has 0 aliphatic rings. The maximum atomic E-state index is 9.83. The fourth-order valence-electron chi connectivity index (χ4n) is 0.306. The average Bonchev–Trinajstić information content (AvgIpc) is 2.13. The predicted molar refractivity (Wildman–Crippen MR) is 24.6 cm³/mol. The van der Waals surface area contributed by atoms with Gasteiger partial charge >= 0.3 is 57.3 Å². The molecule has 1 aromatic heterocycles. The van der Waals surface area contributed by atoms with Crippen molar-refractivity contribution in [3.05, 3.63) is 10.1 Å². The van der Waals surface area contributed by atoms with E-state index in [-0.39, 0.29) is 62.1 Å². The number of nitrogens with two attached hydrogens (primary N) is 1. The summed E-state index contributed by atoms with van der Waals surface area (Å²) in [6, 6.07) is 0. The Morgan fingerprint density at radius 1 is 1.70 bits per heavy atom. The van der Waals surface area contributed by atoms with Crippen molar-refractivity contribution < 1.29 is 56.4 Å². The van der Waals surface area contributed by atoms with Gasteiger partial charge < -0.3 is 15.8 Å². The minimum absolute atomic E-state index is 0. The van der Waals surface area contributed by atoms with Crippen LogP contribution in [-0.4, -0.2) is 25.3 Å². The second-order valence-electron chi connectivity index (χ2n) is 1.16. The molecule has 9 heteroatoms. The fraction of sp³-hybridized carbons (Fsp3) is 0. The van der Waals surface area contributed by atoms with E-state index in [4.69, 9.17) is 5.73 Å². The fourth-order valence-corrected chi connectivity index (χ4v) is 0.306. The van der Waals surface area contributed by atoms with Crippen LogP contribution in [0.25, 0.3) is 0 Å². The van der Waals surface area contributed by atoms with Gasteiger partial charge in [-0.05, 0) is 0 Å². The molecule has 0 bridgehead atoms. The summed E-state index contributed by atoms with van der Waals surface area (Å²) in [5, 5.41) is 18.0. The van der Waals surface area contributed by atoms with Gasteiger partial charge in [-0.1, -0.05) is 5.10 Å². The molecule has 1 rings (SSSR count). The predicted octanol–water partition coefficient (Wildman–Crippen LogP) is -4.70. The summed E-state index contributed by atoms with van der Waals surface area (Å²) in [6.07, 6.45) is 0. The molecule has 0 aliphatic carbocycles. The number of rotatable bonds is 1. The third-order valence-corrected chi connectivity index (χ3v) is 0.631. The van der Waals surface area contributed by atoms with Crippen molar-refractivity contribution in [3.8, 4) is 0 Å². The molecule has 2 N–H and O–H groups in total. The molecule has 0 unspecified atom stereocenters. The van der Waals surface area contributed by atoms with E-state index in [2.05, 4.69) is 15.5 Å². The molecule has 0 radical (unpaired) electrons. The normalized spacial score (nSPS) is 8.40. The van der Waals surface area contributed by atoms with Gasteiger partial charge in [0.1, 0.15) is 5.21 Å². The Morgan fingerprint density at radius 3 is 2.50 bits per heavy atom. The zero-order chi connectivity index (χ0) is 6.85. The second kappa shape index (κ2) is 3.93. The van der Waals surface area contributed by atoms with Crippen molar-refractivity contribution in [2.45, 2.75) is 0 Å². The first-order chi connectivity index (χ1) is 4.22. The third kappa shape index (κ3) is 1.95. The molecular formula is CH2KN6O2+. The van der Waals surface area contributed by atoms with Crippen LogP contribution in [0.4, 0.5) is 5.95 Å². The van der Waals surface area contributed by atoms with Crippen molar-refractivity contribution in [3.63, 3.8) is 0 Å². The van der Waals surface area contributed by atoms with E-state index in [9.17, 15) is 10.1 Å². The molecule has 0 spiro atoms. The Kier molecular flexibility index (Phi) is 3.89. The quantitative estimate of drug-likeness (QED) is 0.257. The van der Waals surface area contributed by atoms with Crippen LogP contribution in [0, 0.1) is 10.1 Å². The Hall–Kier alpha value is -0.0936. The molecular weight excluding hydrogens is 167 g/mol. The van der Waals surface area contributed by atoms with Gasteiger partial charge in [-0.2, -0.15) is 0 Å². The van der Waals surface area contributed by atoms with Crippen molar-refractivity contribution in [2.75, 3.05) is 5.73 Å². The van der Waals surface area contributed by atoms with Crippen LogP contribution in [-0.2, 0) is 0 Å². The molecule has 10 heavy (non-hydrogen) atoms. The van der Waals surface area contributed by atoms with E-state index in [1.807, 2.05) is 0 Å². The van der Waals surface area contributed by atoms with E-state index in [1.54, 1.807) is 0 Å². The Bertz CT molecular complexity index is 231. The number of nitrogens with zero attached hydrogens (tertiary/aromatic N) is 5. The van der Waals surface area contributed by atoms with Gasteiger partial charge in [0.05, 0.1) is 9.82 Å². The molecule has 1 aromatic rings. The summed E-state index contributed by atoms with van der Waals surface area (Å²) >= 11 is 0. The molecule has 1 heterocycles. The number of nitrogen functional groups attached to an aromatic ring is 1. The van der Waals surface area contributed by atoms with Crippen LogP contribution in [0.1, 0.15) is 0 Å². The molecule has 0 fully saturated rings. The molecule has 8 nitrogen and oxygen atoms in total. The maximum Gasteiger partial charge on any atom is 1.00 e. The number of hydrogen-bond acceptors (Lipinski definition) is 6. The van der Waals surface area contributed by atoms with E-state index in [0.717, 1.165) is 0 Å². The first kappa shape index (κ1) is 9.91. The number of nitro groups is 1. The van der Waals surface area contributed by atoms with Crippen LogP contribution < -0.4 is 57.1 Å². The number of aromatic nitrogens is 4. The SMILES string of the molecule is Nc1nnnn1[N+](=O)[O-].[K+]. The van der Waals surface area contributed by atoms with Crippen molar-refractivity contribution >= 4 is 5.95 Å². The average molecular weight is 169 g/mol. The van der Waals surface area contributed by atoms with Crippen LogP contribution in [0.15, 0.2) is 0 Å². The Labute approximate surface area is 97.3 Å². The van der Waals surface area contributed by atoms with E-state index < -0.39 is 5.03 Å². The minimum Gasteiger partial charge on any atom is -0.362 e. The van der Waals surface area contributed by atoms with Gasteiger partial charge in [0.2, 0.25) is 5.21 Å². The van der Waals surface area contributed by atoms with Gasteiger partial charge in [0.25, 0.3) is 0 Å². The van der Waals surface area contributed by atoms with E-state index >= 15 is 0 Å². The zero-order valence-corrected chi connectivity index (χ0v) is 8.25. The number of anilines is 1. The van der Waals surface area contributed by atoms with E-state index in [0.29, 0.717) is 0 Å². The molecule has 0 aromatic carbocycles. The van der Waals surface area contributed by atoms with Gasteiger partial charge in [-0.15, -0.1) is 0 Å². The summed E-state index contributed by atoms with van der Waals surface area (Å²) < 4.78 is 0. The zero-order valence-electron chi connectivity index (χ0n) is 5.13. The monoisotopic (exact) mass is 169 g/mol. The summed E-state index contributed by atoms with van der Waals surface area (Å²) in [5.74, 6) is -0.333. The molecule has 0 atom stereocenters. The summed E-state index contributed by atoms with van der Waals surface area (Å²) in [4.78, 5) is 10.1. The van der Waals surface area contributed by atoms with Gasteiger partial charge in [-0.25, -0.2) is 0 Å². The van der Waals surface area contributed by atoms with Gasteiger partial charge in [0, 0.05) is 0 Å². The largest absolute Gasteiger partial charge is 1.00 e. The number of hydrogen-bond donors (Lipinski definition) is 1. The van der Waals surface area contributed by atoms with Crippen LogP contribution in [0.5, 0.6) is 0 Å². The molecule has 0 amide bonds. The Balaban J connectivity index is 0.000000810. The molecule has 0 saturated carbocycles. The molecule has 0 saturated heterocycles. The maximum absolute atomic E-state index is 9.83. The van der Waals surface area contributed by atoms with Crippen LogP contribution in [0.2, 0.25) is 0 Å². The standard InChI is InChI=1S/CH2N6O2.K/c2-1-3-4-5-6(1)7(8)9;/h(H2,2,3,5);/q;+1. The smallest absolute Gasteiger partial charge is 0.362 e. The summed E-state index contributed by atoms with van der Waals surface area (Å²) in [7, 11) is 0. The minimum atomic E-state index is -0.824.